The quantitative estimate of drug-likeness (QED) is 0.603. The maximum Gasteiger partial charge on any atom is 0.224 e. The first-order chi connectivity index (χ1) is 10.2. The number of methoxy groups -OCH3 is 1. The summed E-state index contributed by atoms with van der Waals surface area (Å²) >= 11 is 5.89. The van der Waals surface area contributed by atoms with E-state index in [1.807, 2.05) is 24.3 Å². The van der Waals surface area contributed by atoms with Crippen LogP contribution in [0.15, 0.2) is 24.3 Å². The molecule has 0 atom stereocenters. The number of para-hydroxylation sites is 1. The van der Waals surface area contributed by atoms with Gasteiger partial charge in [-0.05, 0) is 23.7 Å². The number of halogens is 1. The van der Waals surface area contributed by atoms with E-state index in [0.717, 1.165) is 10.9 Å². The SMILES string of the molecule is COCCNC(=O)CCNc1nc(Cl)nc2ccccc12. The van der Waals surface area contributed by atoms with Gasteiger partial charge in [0.2, 0.25) is 11.2 Å². The van der Waals surface area contributed by atoms with Gasteiger partial charge in [0, 0.05) is 32.0 Å². The number of hydrogen-bond donors (Lipinski definition) is 2. The molecule has 0 radical (unpaired) electrons. The van der Waals surface area contributed by atoms with E-state index in [1.54, 1.807) is 7.11 Å². The van der Waals surface area contributed by atoms with E-state index in [-0.39, 0.29) is 11.2 Å². The Morgan fingerprint density at radius 1 is 1.29 bits per heavy atom. The van der Waals surface area contributed by atoms with E-state index in [0.29, 0.717) is 31.9 Å². The average Bonchev–Trinajstić information content (AvgIpc) is 2.47. The van der Waals surface area contributed by atoms with Gasteiger partial charge in [0.05, 0.1) is 12.1 Å². The highest BCUT2D eigenvalue weighted by Gasteiger charge is 2.06. The van der Waals surface area contributed by atoms with Gasteiger partial charge in [-0.2, -0.15) is 0 Å². The van der Waals surface area contributed by atoms with Crippen LogP contribution in [-0.2, 0) is 9.53 Å². The minimum Gasteiger partial charge on any atom is -0.383 e. The van der Waals surface area contributed by atoms with Crippen molar-refractivity contribution in [2.45, 2.75) is 6.42 Å². The number of nitrogens with zero attached hydrogens (tertiary/aromatic N) is 2. The molecule has 0 bridgehead atoms. The predicted octanol–water partition coefficient (Wildman–Crippen LogP) is 1.85. The molecule has 2 aromatic rings. The molecule has 1 heterocycles. The smallest absolute Gasteiger partial charge is 0.224 e. The molecule has 0 unspecified atom stereocenters. The summed E-state index contributed by atoms with van der Waals surface area (Å²) in [5, 5.41) is 6.94. The zero-order valence-corrected chi connectivity index (χ0v) is 12.5. The van der Waals surface area contributed by atoms with Crippen LogP contribution in [0.25, 0.3) is 10.9 Å². The molecule has 0 aliphatic heterocycles. The predicted molar refractivity (Wildman–Crippen MR) is 82.5 cm³/mol. The molecule has 1 amide bonds. The molecular formula is C14H17ClN4O2. The third kappa shape index (κ3) is 4.54. The minimum atomic E-state index is -0.0380. The maximum absolute atomic E-state index is 11.6. The molecule has 7 heteroatoms. The van der Waals surface area contributed by atoms with E-state index in [2.05, 4.69) is 20.6 Å². The largest absolute Gasteiger partial charge is 0.383 e. The van der Waals surface area contributed by atoms with E-state index >= 15 is 0 Å². The van der Waals surface area contributed by atoms with Crippen LogP contribution in [0.2, 0.25) is 5.28 Å². The van der Waals surface area contributed by atoms with Gasteiger partial charge >= 0.3 is 0 Å². The Hall–Kier alpha value is -1.92. The van der Waals surface area contributed by atoms with Gasteiger partial charge in [-0.1, -0.05) is 12.1 Å². The Balaban J connectivity index is 1.93. The fraction of sp³-hybridized carbons (Fsp3) is 0.357. The lowest BCUT2D eigenvalue weighted by Gasteiger charge is -2.09. The molecule has 21 heavy (non-hydrogen) atoms. The number of amides is 1. The van der Waals surface area contributed by atoms with Gasteiger partial charge in [-0.3, -0.25) is 4.79 Å². The topological polar surface area (TPSA) is 76.1 Å². The van der Waals surface area contributed by atoms with Gasteiger partial charge < -0.3 is 15.4 Å². The average molecular weight is 309 g/mol. The van der Waals surface area contributed by atoms with Crippen molar-refractivity contribution in [2.75, 3.05) is 32.1 Å². The number of carbonyl (C=O) groups is 1. The third-order valence-corrected chi connectivity index (χ3v) is 3.02. The fourth-order valence-electron chi connectivity index (χ4n) is 1.86. The van der Waals surface area contributed by atoms with Crippen LogP contribution in [0.5, 0.6) is 0 Å². The zero-order valence-electron chi connectivity index (χ0n) is 11.7. The Bertz CT molecular complexity index is 621. The number of rotatable bonds is 7. The molecule has 112 valence electrons. The Morgan fingerprint density at radius 2 is 2.10 bits per heavy atom. The lowest BCUT2D eigenvalue weighted by atomic mass is 10.2. The molecule has 0 saturated heterocycles. The van der Waals surface area contributed by atoms with Crippen molar-refractivity contribution in [1.29, 1.82) is 0 Å². The molecule has 0 fully saturated rings. The summed E-state index contributed by atoms with van der Waals surface area (Å²) in [5.74, 6) is 0.597. The van der Waals surface area contributed by atoms with Gasteiger partial charge in [-0.25, -0.2) is 9.97 Å². The minimum absolute atomic E-state index is 0.0380. The van der Waals surface area contributed by atoms with Crippen LogP contribution in [0.3, 0.4) is 0 Å². The summed E-state index contributed by atoms with van der Waals surface area (Å²) in [5.41, 5.74) is 0.768. The summed E-state index contributed by atoms with van der Waals surface area (Å²) in [6, 6.07) is 7.57. The summed E-state index contributed by atoms with van der Waals surface area (Å²) in [6.45, 7) is 1.49. The highest BCUT2D eigenvalue weighted by atomic mass is 35.5. The molecule has 1 aromatic carbocycles. The van der Waals surface area contributed by atoms with Crippen molar-refractivity contribution < 1.29 is 9.53 Å². The first kappa shape index (κ1) is 15.5. The monoisotopic (exact) mass is 308 g/mol. The molecule has 1 aromatic heterocycles. The van der Waals surface area contributed by atoms with E-state index in [9.17, 15) is 4.79 Å². The Kier molecular flexibility index (Phi) is 5.71. The molecule has 0 spiro atoms. The fourth-order valence-corrected chi connectivity index (χ4v) is 2.03. The van der Waals surface area contributed by atoms with Crippen molar-refractivity contribution in [2.24, 2.45) is 0 Å². The molecule has 0 saturated carbocycles. The van der Waals surface area contributed by atoms with Crippen LogP contribution >= 0.6 is 11.6 Å². The van der Waals surface area contributed by atoms with E-state index in [1.165, 1.54) is 0 Å². The first-order valence-electron chi connectivity index (χ1n) is 6.62. The molecule has 2 rings (SSSR count). The van der Waals surface area contributed by atoms with Crippen LogP contribution in [0.1, 0.15) is 6.42 Å². The highest BCUT2D eigenvalue weighted by molar-refractivity contribution is 6.28. The molecule has 2 N–H and O–H groups in total. The Morgan fingerprint density at radius 3 is 2.90 bits per heavy atom. The number of fused-ring (bicyclic) bond motifs is 1. The number of ether oxygens (including phenoxy) is 1. The summed E-state index contributed by atoms with van der Waals surface area (Å²) in [6.07, 6.45) is 0.347. The van der Waals surface area contributed by atoms with Crippen LogP contribution in [0.4, 0.5) is 5.82 Å². The van der Waals surface area contributed by atoms with Gasteiger partial charge in [0.25, 0.3) is 0 Å². The number of benzene rings is 1. The van der Waals surface area contributed by atoms with Crippen LogP contribution in [-0.4, -0.2) is 42.7 Å². The van der Waals surface area contributed by atoms with Crippen LogP contribution in [0, 0.1) is 0 Å². The molecular weight excluding hydrogens is 292 g/mol. The summed E-state index contributed by atoms with van der Waals surface area (Å²) in [7, 11) is 1.59. The van der Waals surface area contributed by atoms with Crippen molar-refractivity contribution in [3.05, 3.63) is 29.5 Å². The molecule has 6 nitrogen and oxygen atoms in total. The first-order valence-corrected chi connectivity index (χ1v) is 7.00. The van der Waals surface area contributed by atoms with E-state index in [4.69, 9.17) is 16.3 Å². The van der Waals surface area contributed by atoms with Crippen molar-refractivity contribution in [3.63, 3.8) is 0 Å². The summed E-state index contributed by atoms with van der Waals surface area (Å²) < 4.78 is 4.87. The second kappa shape index (κ2) is 7.75. The van der Waals surface area contributed by atoms with Gasteiger partial charge in [0.1, 0.15) is 5.82 Å². The van der Waals surface area contributed by atoms with Gasteiger partial charge in [-0.15, -0.1) is 0 Å². The molecule has 0 aliphatic rings. The summed E-state index contributed by atoms with van der Waals surface area (Å²) in [4.78, 5) is 19.9. The van der Waals surface area contributed by atoms with Crippen molar-refractivity contribution >= 4 is 34.2 Å². The number of carbonyl (C=O) groups excluding carboxylic acids is 1. The normalized spacial score (nSPS) is 10.6. The standard InChI is InChI=1S/C14H17ClN4O2/c1-21-9-8-16-12(20)6-7-17-13-10-4-2-3-5-11(10)18-14(15)19-13/h2-5H,6-9H2,1H3,(H,16,20)(H,17,18,19). The molecule has 0 aliphatic carbocycles. The second-order valence-electron chi connectivity index (χ2n) is 4.38. The number of aromatic nitrogens is 2. The number of hydrogen-bond acceptors (Lipinski definition) is 5. The van der Waals surface area contributed by atoms with E-state index < -0.39 is 0 Å². The third-order valence-electron chi connectivity index (χ3n) is 2.85. The van der Waals surface area contributed by atoms with Crippen LogP contribution < -0.4 is 10.6 Å². The lowest BCUT2D eigenvalue weighted by molar-refractivity contribution is -0.121. The van der Waals surface area contributed by atoms with Crippen molar-refractivity contribution in [3.8, 4) is 0 Å². The zero-order chi connectivity index (χ0) is 15.1. The number of nitrogens with one attached hydrogen (secondary N) is 2. The van der Waals surface area contributed by atoms with Gasteiger partial charge in [0.15, 0.2) is 0 Å². The Labute approximate surface area is 127 Å². The maximum atomic E-state index is 11.6. The number of anilines is 1. The van der Waals surface area contributed by atoms with Crippen molar-refractivity contribution in [1.82, 2.24) is 15.3 Å². The highest BCUT2D eigenvalue weighted by Crippen LogP contribution is 2.21. The second-order valence-corrected chi connectivity index (χ2v) is 4.72. The lowest BCUT2D eigenvalue weighted by Crippen LogP contribution is -2.28.